The lowest BCUT2D eigenvalue weighted by molar-refractivity contribution is -0.129. The van der Waals surface area contributed by atoms with E-state index in [1.807, 2.05) is 4.90 Å². The molecule has 0 aromatic heterocycles. The molecule has 0 saturated carbocycles. The van der Waals surface area contributed by atoms with E-state index in [0.717, 1.165) is 26.1 Å². The predicted molar refractivity (Wildman–Crippen MR) is 50.2 cm³/mol. The SMILES string of the molecule is NC1CC(=O)N([C@@H]2CCCNC2)C1. The van der Waals surface area contributed by atoms with Gasteiger partial charge in [-0.15, -0.1) is 0 Å². The second-order valence-electron chi connectivity index (χ2n) is 4.01. The number of carbonyl (C=O) groups is 1. The molecule has 0 aromatic rings. The van der Waals surface area contributed by atoms with E-state index in [2.05, 4.69) is 5.32 Å². The Kier molecular flexibility index (Phi) is 2.51. The number of likely N-dealkylation sites (tertiary alicyclic amines) is 1. The molecule has 1 amide bonds. The Morgan fingerprint density at radius 1 is 1.54 bits per heavy atom. The molecular formula is C9H17N3O. The Labute approximate surface area is 78.5 Å². The lowest BCUT2D eigenvalue weighted by Crippen LogP contribution is -2.47. The summed E-state index contributed by atoms with van der Waals surface area (Å²) in [6.07, 6.45) is 2.84. The number of nitrogens with zero attached hydrogens (tertiary/aromatic N) is 1. The molecule has 74 valence electrons. The molecule has 2 aliphatic heterocycles. The maximum absolute atomic E-state index is 11.5. The van der Waals surface area contributed by atoms with Crippen LogP contribution in [0.15, 0.2) is 0 Å². The lowest BCUT2D eigenvalue weighted by atomic mass is 10.1. The summed E-state index contributed by atoms with van der Waals surface area (Å²) in [5.74, 6) is 0.237. The van der Waals surface area contributed by atoms with Gasteiger partial charge in [0, 0.05) is 31.6 Å². The van der Waals surface area contributed by atoms with E-state index in [1.54, 1.807) is 0 Å². The van der Waals surface area contributed by atoms with Crippen LogP contribution in [0.5, 0.6) is 0 Å². The van der Waals surface area contributed by atoms with Crippen molar-refractivity contribution in [3.8, 4) is 0 Å². The number of nitrogens with one attached hydrogen (secondary N) is 1. The van der Waals surface area contributed by atoms with Crippen molar-refractivity contribution < 1.29 is 4.79 Å². The molecule has 2 aliphatic rings. The van der Waals surface area contributed by atoms with E-state index >= 15 is 0 Å². The van der Waals surface area contributed by atoms with Crippen LogP contribution >= 0.6 is 0 Å². The number of hydrogen-bond acceptors (Lipinski definition) is 3. The molecule has 3 N–H and O–H groups in total. The first-order valence-electron chi connectivity index (χ1n) is 5.03. The van der Waals surface area contributed by atoms with Gasteiger partial charge in [0.05, 0.1) is 0 Å². The molecule has 1 unspecified atom stereocenters. The first kappa shape index (κ1) is 8.97. The Morgan fingerprint density at radius 3 is 2.92 bits per heavy atom. The summed E-state index contributed by atoms with van der Waals surface area (Å²) in [4.78, 5) is 13.5. The highest BCUT2D eigenvalue weighted by Crippen LogP contribution is 2.17. The van der Waals surface area contributed by atoms with Gasteiger partial charge in [0.2, 0.25) is 5.91 Å². The van der Waals surface area contributed by atoms with Gasteiger partial charge < -0.3 is 16.0 Å². The van der Waals surface area contributed by atoms with Crippen molar-refractivity contribution >= 4 is 5.91 Å². The third-order valence-corrected chi connectivity index (χ3v) is 2.90. The fourth-order valence-corrected chi connectivity index (χ4v) is 2.21. The van der Waals surface area contributed by atoms with Crippen LogP contribution in [0.25, 0.3) is 0 Å². The van der Waals surface area contributed by atoms with Gasteiger partial charge in [0.1, 0.15) is 0 Å². The summed E-state index contributed by atoms with van der Waals surface area (Å²) < 4.78 is 0. The van der Waals surface area contributed by atoms with E-state index in [4.69, 9.17) is 5.73 Å². The minimum Gasteiger partial charge on any atom is -0.337 e. The van der Waals surface area contributed by atoms with E-state index in [1.165, 1.54) is 6.42 Å². The zero-order valence-corrected chi connectivity index (χ0v) is 7.83. The van der Waals surface area contributed by atoms with Gasteiger partial charge in [0.25, 0.3) is 0 Å². The fourth-order valence-electron chi connectivity index (χ4n) is 2.21. The van der Waals surface area contributed by atoms with Crippen molar-refractivity contribution in [1.29, 1.82) is 0 Å². The van der Waals surface area contributed by atoms with Crippen LogP contribution in [0.1, 0.15) is 19.3 Å². The van der Waals surface area contributed by atoms with Crippen LogP contribution in [0.4, 0.5) is 0 Å². The van der Waals surface area contributed by atoms with Gasteiger partial charge in [-0.05, 0) is 19.4 Å². The molecule has 0 bridgehead atoms. The number of rotatable bonds is 1. The first-order valence-corrected chi connectivity index (χ1v) is 5.03. The molecule has 2 rings (SSSR count). The third kappa shape index (κ3) is 1.84. The average molecular weight is 183 g/mol. The minimum absolute atomic E-state index is 0.0643. The molecule has 13 heavy (non-hydrogen) atoms. The minimum atomic E-state index is 0.0643. The summed E-state index contributed by atoms with van der Waals surface area (Å²) >= 11 is 0. The van der Waals surface area contributed by atoms with Gasteiger partial charge >= 0.3 is 0 Å². The zero-order chi connectivity index (χ0) is 9.26. The maximum atomic E-state index is 11.5. The smallest absolute Gasteiger partial charge is 0.224 e. The zero-order valence-electron chi connectivity index (χ0n) is 7.83. The van der Waals surface area contributed by atoms with Crippen LogP contribution in [0.3, 0.4) is 0 Å². The van der Waals surface area contributed by atoms with Crippen molar-refractivity contribution in [2.75, 3.05) is 19.6 Å². The van der Waals surface area contributed by atoms with Crippen molar-refractivity contribution in [2.24, 2.45) is 5.73 Å². The van der Waals surface area contributed by atoms with E-state index < -0.39 is 0 Å². The second kappa shape index (κ2) is 3.64. The predicted octanol–water partition coefficient (Wildman–Crippen LogP) is -0.702. The molecule has 0 spiro atoms. The Hall–Kier alpha value is -0.610. The molecule has 2 atom stereocenters. The molecule has 4 nitrogen and oxygen atoms in total. The average Bonchev–Trinajstić information content (AvgIpc) is 2.47. The summed E-state index contributed by atoms with van der Waals surface area (Å²) in [6.45, 7) is 2.79. The molecule has 0 radical (unpaired) electrons. The van der Waals surface area contributed by atoms with Crippen LogP contribution in [0.2, 0.25) is 0 Å². The first-order chi connectivity index (χ1) is 6.27. The van der Waals surface area contributed by atoms with Crippen molar-refractivity contribution in [3.63, 3.8) is 0 Å². The van der Waals surface area contributed by atoms with Crippen molar-refractivity contribution in [2.45, 2.75) is 31.3 Å². The third-order valence-electron chi connectivity index (χ3n) is 2.90. The summed E-state index contributed by atoms with van der Waals surface area (Å²) in [5, 5.41) is 3.31. The van der Waals surface area contributed by atoms with Gasteiger partial charge in [0.15, 0.2) is 0 Å². The lowest BCUT2D eigenvalue weighted by Gasteiger charge is -2.31. The fraction of sp³-hybridized carbons (Fsp3) is 0.889. The van der Waals surface area contributed by atoms with Crippen molar-refractivity contribution in [1.82, 2.24) is 10.2 Å². The van der Waals surface area contributed by atoms with Gasteiger partial charge in [-0.2, -0.15) is 0 Å². The number of nitrogens with two attached hydrogens (primary N) is 1. The molecule has 4 heteroatoms. The topological polar surface area (TPSA) is 58.4 Å². The highest BCUT2D eigenvalue weighted by molar-refractivity contribution is 5.79. The number of hydrogen-bond donors (Lipinski definition) is 2. The monoisotopic (exact) mass is 183 g/mol. The molecule has 0 aliphatic carbocycles. The van der Waals surface area contributed by atoms with E-state index in [-0.39, 0.29) is 11.9 Å². The summed E-state index contributed by atoms with van der Waals surface area (Å²) in [5.41, 5.74) is 5.74. The Bertz CT molecular complexity index is 201. The Balaban J connectivity index is 1.95. The summed E-state index contributed by atoms with van der Waals surface area (Å²) in [7, 11) is 0. The van der Waals surface area contributed by atoms with Crippen LogP contribution in [0, 0.1) is 0 Å². The normalized spacial score (nSPS) is 35.5. The molecule has 2 heterocycles. The maximum Gasteiger partial charge on any atom is 0.224 e. The largest absolute Gasteiger partial charge is 0.337 e. The molecule has 2 saturated heterocycles. The number of amides is 1. The molecule has 0 aromatic carbocycles. The summed E-state index contributed by atoms with van der Waals surface area (Å²) in [6, 6.07) is 0.462. The van der Waals surface area contributed by atoms with Crippen LogP contribution < -0.4 is 11.1 Å². The van der Waals surface area contributed by atoms with Crippen LogP contribution in [-0.4, -0.2) is 42.5 Å². The molecule has 2 fully saturated rings. The van der Waals surface area contributed by atoms with Gasteiger partial charge in [-0.25, -0.2) is 0 Å². The van der Waals surface area contributed by atoms with E-state index in [9.17, 15) is 4.79 Å². The highest BCUT2D eigenvalue weighted by atomic mass is 16.2. The highest BCUT2D eigenvalue weighted by Gasteiger charge is 2.32. The Morgan fingerprint density at radius 2 is 2.38 bits per heavy atom. The van der Waals surface area contributed by atoms with Gasteiger partial charge in [-0.1, -0.05) is 0 Å². The standard InChI is InChI=1S/C9H17N3O/c10-7-4-9(13)12(6-7)8-2-1-3-11-5-8/h7-8,11H,1-6,10H2/t7?,8-/m1/s1. The quantitative estimate of drug-likeness (QED) is 0.565. The van der Waals surface area contributed by atoms with E-state index in [0.29, 0.717) is 12.5 Å². The molecular weight excluding hydrogens is 166 g/mol. The number of piperidine rings is 1. The second-order valence-corrected chi connectivity index (χ2v) is 4.01. The number of carbonyl (C=O) groups excluding carboxylic acids is 1. The van der Waals surface area contributed by atoms with Gasteiger partial charge in [-0.3, -0.25) is 4.79 Å². The van der Waals surface area contributed by atoms with Crippen molar-refractivity contribution in [3.05, 3.63) is 0 Å². The van der Waals surface area contributed by atoms with Crippen LogP contribution in [-0.2, 0) is 4.79 Å².